The van der Waals surface area contributed by atoms with E-state index in [0.29, 0.717) is 0 Å². The summed E-state index contributed by atoms with van der Waals surface area (Å²) in [6.45, 7) is 6.88. The quantitative estimate of drug-likeness (QED) is 0.557. The molecule has 1 aliphatic rings. The fraction of sp³-hybridized carbons (Fsp3) is 0.714. The minimum atomic E-state index is 0.920. The summed E-state index contributed by atoms with van der Waals surface area (Å²) in [5.74, 6) is 0.920. The molecular weight excluding hydrogens is 168 g/mol. The molecule has 1 saturated carbocycles. The molecule has 0 radical (unpaired) electrons. The summed E-state index contributed by atoms with van der Waals surface area (Å²) in [6, 6.07) is 0. The van der Waals surface area contributed by atoms with E-state index in [2.05, 4.69) is 32.9 Å². The molecule has 1 aliphatic carbocycles. The Balaban J connectivity index is 2.39. The minimum absolute atomic E-state index is 0.920. The zero-order chi connectivity index (χ0) is 10.4. The van der Waals surface area contributed by atoms with E-state index in [0.717, 1.165) is 5.92 Å². The zero-order valence-electron chi connectivity index (χ0n) is 9.97. The minimum Gasteiger partial charge on any atom is -0.0843 e. The number of hydrogen-bond donors (Lipinski definition) is 0. The summed E-state index contributed by atoms with van der Waals surface area (Å²) in [6.07, 6.45) is 12.6. The largest absolute Gasteiger partial charge is 0.0843 e. The number of allylic oxidation sites excluding steroid dienone is 4. The van der Waals surface area contributed by atoms with E-state index in [1.54, 1.807) is 5.57 Å². The highest BCUT2D eigenvalue weighted by Gasteiger charge is 2.15. The Labute approximate surface area is 89.1 Å². The van der Waals surface area contributed by atoms with Gasteiger partial charge in [-0.05, 0) is 38.5 Å². The number of rotatable bonds is 4. The lowest BCUT2D eigenvalue weighted by Gasteiger charge is -2.00. The summed E-state index contributed by atoms with van der Waals surface area (Å²) >= 11 is 0. The molecule has 0 N–H and O–H groups in total. The van der Waals surface area contributed by atoms with E-state index in [-0.39, 0.29) is 0 Å². The van der Waals surface area contributed by atoms with Crippen LogP contribution in [0.1, 0.15) is 59.3 Å². The third kappa shape index (κ3) is 3.69. The molecule has 14 heavy (non-hydrogen) atoms. The molecule has 0 aromatic rings. The van der Waals surface area contributed by atoms with E-state index in [1.165, 1.54) is 44.1 Å². The van der Waals surface area contributed by atoms with Crippen molar-refractivity contribution in [1.82, 2.24) is 0 Å². The Kier molecular flexibility index (Phi) is 5.00. The molecular formula is C14H24. The van der Waals surface area contributed by atoms with Crippen molar-refractivity contribution in [3.05, 3.63) is 23.3 Å². The third-order valence-corrected chi connectivity index (χ3v) is 3.18. The van der Waals surface area contributed by atoms with Crippen LogP contribution >= 0.6 is 0 Å². The fourth-order valence-electron chi connectivity index (χ4n) is 2.10. The molecule has 0 spiro atoms. The maximum atomic E-state index is 2.36. The fourth-order valence-corrected chi connectivity index (χ4v) is 2.10. The van der Waals surface area contributed by atoms with Crippen molar-refractivity contribution < 1.29 is 0 Å². The summed E-state index contributed by atoms with van der Waals surface area (Å²) in [7, 11) is 0. The predicted molar refractivity (Wildman–Crippen MR) is 64.4 cm³/mol. The van der Waals surface area contributed by atoms with Gasteiger partial charge in [-0.2, -0.15) is 0 Å². The second-order valence-corrected chi connectivity index (χ2v) is 4.68. The van der Waals surface area contributed by atoms with Gasteiger partial charge in [0, 0.05) is 0 Å². The van der Waals surface area contributed by atoms with Gasteiger partial charge in [-0.25, -0.2) is 0 Å². The summed E-state index contributed by atoms with van der Waals surface area (Å²) in [5.41, 5.74) is 3.23. The van der Waals surface area contributed by atoms with Gasteiger partial charge < -0.3 is 0 Å². The van der Waals surface area contributed by atoms with Gasteiger partial charge in [-0.1, -0.05) is 50.0 Å². The van der Waals surface area contributed by atoms with Crippen LogP contribution in [-0.2, 0) is 0 Å². The molecule has 0 nitrogen and oxygen atoms in total. The summed E-state index contributed by atoms with van der Waals surface area (Å²) in [5, 5.41) is 0. The normalized spacial score (nSPS) is 26.1. The second-order valence-electron chi connectivity index (χ2n) is 4.68. The monoisotopic (exact) mass is 192 g/mol. The lowest BCUT2D eigenvalue weighted by Crippen LogP contribution is -1.83. The Hall–Kier alpha value is -0.520. The first kappa shape index (κ1) is 11.6. The lowest BCUT2D eigenvalue weighted by atomic mass is 10.1. The van der Waals surface area contributed by atoms with E-state index < -0.39 is 0 Å². The Morgan fingerprint density at radius 1 is 1.50 bits per heavy atom. The maximum Gasteiger partial charge on any atom is -0.0289 e. The Morgan fingerprint density at radius 2 is 2.29 bits per heavy atom. The number of hydrogen-bond acceptors (Lipinski definition) is 0. The zero-order valence-corrected chi connectivity index (χ0v) is 9.97. The van der Waals surface area contributed by atoms with Crippen molar-refractivity contribution in [1.29, 1.82) is 0 Å². The standard InChI is InChI=1S/C14H24/c1-4-5-6-7-8-13(3)14-10-9-12(2)11-14/h7-8,12H,4-6,9-11H2,1-3H3. The molecule has 80 valence electrons. The van der Waals surface area contributed by atoms with Gasteiger partial charge in [0.2, 0.25) is 0 Å². The van der Waals surface area contributed by atoms with Crippen LogP contribution in [-0.4, -0.2) is 0 Å². The average molecular weight is 192 g/mol. The molecule has 0 amide bonds. The van der Waals surface area contributed by atoms with Gasteiger partial charge >= 0.3 is 0 Å². The molecule has 1 rings (SSSR count). The first-order chi connectivity index (χ1) is 6.74. The van der Waals surface area contributed by atoms with E-state index in [1.807, 2.05) is 0 Å². The van der Waals surface area contributed by atoms with Crippen molar-refractivity contribution in [3.8, 4) is 0 Å². The Morgan fingerprint density at radius 3 is 2.86 bits per heavy atom. The van der Waals surface area contributed by atoms with Crippen LogP contribution < -0.4 is 0 Å². The third-order valence-electron chi connectivity index (χ3n) is 3.18. The molecule has 1 fully saturated rings. The van der Waals surface area contributed by atoms with Crippen molar-refractivity contribution in [2.75, 3.05) is 0 Å². The highest BCUT2D eigenvalue weighted by atomic mass is 14.2. The molecule has 0 bridgehead atoms. The van der Waals surface area contributed by atoms with Crippen LogP contribution in [0.4, 0.5) is 0 Å². The van der Waals surface area contributed by atoms with E-state index in [4.69, 9.17) is 0 Å². The molecule has 0 aliphatic heterocycles. The maximum absolute atomic E-state index is 2.36. The molecule has 0 heterocycles. The van der Waals surface area contributed by atoms with Gasteiger partial charge in [0.1, 0.15) is 0 Å². The second kappa shape index (κ2) is 6.06. The van der Waals surface area contributed by atoms with Crippen molar-refractivity contribution in [2.24, 2.45) is 5.92 Å². The average Bonchev–Trinajstić information content (AvgIpc) is 2.59. The van der Waals surface area contributed by atoms with Crippen LogP contribution in [0, 0.1) is 5.92 Å². The smallest absolute Gasteiger partial charge is 0.0289 e. The SMILES string of the molecule is CCCCC=CC(C)=C1CCC(C)C1. The predicted octanol–water partition coefficient (Wildman–Crippen LogP) is 4.87. The molecule has 0 aromatic heterocycles. The van der Waals surface area contributed by atoms with Crippen molar-refractivity contribution in [3.63, 3.8) is 0 Å². The molecule has 1 unspecified atom stereocenters. The topological polar surface area (TPSA) is 0 Å². The van der Waals surface area contributed by atoms with Crippen LogP contribution in [0.25, 0.3) is 0 Å². The van der Waals surface area contributed by atoms with Crippen LogP contribution in [0.5, 0.6) is 0 Å². The van der Waals surface area contributed by atoms with Crippen LogP contribution in [0.15, 0.2) is 23.3 Å². The van der Waals surface area contributed by atoms with Gasteiger partial charge in [0.15, 0.2) is 0 Å². The van der Waals surface area contributed by atoms with Crippen molar-refractivity contribution >= 4 is 0 Å². The summed E-state index contributed by atoms with van der Waals surface area (Å²) in [4.78, 5) is 0. The van der Waals surface area contributed by atoms with Gasteiger partial charge in [0.05, 0.1) is 0 Å². The van der Waals surface area contributed by atoms with Crippen LogP contribution in [0.2, 0.25) is 0 Å². The molecule has 0 heteroatoms. The van der Waals surface area contributed by atoms with Crippen molar-refractivity contribution in [2.45, 2.75) is 59.3 Å². The summed E-state index contributed by atoms with van der Waals surface area (Å²) < 4.78 is 0. The van der Waals surface area contributed by atoms with Gasteiger partial charge in [0.25, 0.3) is 0 Å². The first-order valence-corrected chi connectivity index (χ1v) is 6.09. The van der Waals surface area contributed by atoms with E-state index >= 15 is 0 Å². The van der Waals surface area contributed by atoms with E-state index in [9.17, 15) is 0 Å². The Bertz CT molecular complexity index is 220. The van der Waals surface area contributed by atoms with Gasteiger partial charge in [-0.3, -0.25) is 0 Å². The number of unbranched alkanes of at least 4 members (excludes halogenated alkanes) is 2. The highest BCUT2D eigenvalue weighted by molar-refractivity contribution is 5.25. The van der Waals surface area contributed by atoms with Crippen LogP contribution in [0.3, 0.4) is 0 Å². The first-order valence-electron chi connectivity index (χ1n) is 6.09. The molecule has 0 aromatic carbocycles. The van der Waals surface area contributed by atoms with Gasteiger partial charge in [-0.15, -0.1) is 0 Å². The highest BCUT2D eigenvalue weighted by Crippen LogP contribution is 2.32. The molecule has 0 saturated heterocycles. The lowest BCUT2D eigenvalue weighted by molar-refractivity contribution is 0.620. The molecule has 1 atom stereocenters.